The van der Waals surface area contributed by atoms with Gasteiger partial charge in [0.15, 0.2) is 0 Å². The highest BCUT2D eigenvalue weighted by Crippen LogP contribution is 2.43. The van der Waals surface area contributed by atoms with Crippen molar-refractivity contribution in [1.29, 1.82) is 0 Å². The Hall–Kier alpha value is -1.45. The van der Waals surface area contributed by atoms with Gasteiger partial charge in [-0.2, -0.15) is 0 Å². The Labute approximate surface area is 105 Å². The van der Waals surface area contributed by atoms with Crippen LogP contribution in [0.25, 0.3) is 0 Å². The maximum Gasteiger partial charge on any atom is 0.314 e. The van der Waals surface area contributed by atoms with E-state index in [0.29, 0.717) is 24.0 Å². The van der Waals surface area contributed by atoms with Gasteiger partial charge in [-0.1, -0.05) is 37.1 Å². The molecule has 1 aromatic rings. The monoisotopic (exact) mass is 254 g/mol. The second-order valence-corrected chi connectivity index (χ2v) is 4.85. The molecule has 0 spiro atoms. The number of carbonyl (C=O) groups is 1. The van der Waals surface area contributed by atoms with E-state index < -0.39 is 17.8 Å². The van der Waals surface area contributed by atoms with Gasteiger partial charge in [-0.25, -0.2) is 8.78 Å². The average Bonchev–Trinajstić information content (AvgIpc) is 2.79. The Balaban J connectivity index is 2.45. The molecular formula is C14H16F2O2. The van der Waals surface area contributed by atoms with Crippen LogP contribution in [-0.2, 0) is 16.6 Å². The van der Waals surface area contributed by atoms with Gasteiger partial charge >= 0.3 is 5.97 Å². The fourth-order valence-corrected chi connectivity index (χ4v) is 2.91. The molecule has 0 bridgehead atoms. The molecule has 2 nitrogen and oxygen atoms in total. The summed E-state index contributed by atoms with van der Waals surface area (Å²) in [5.41, 5.74) is 0.0953. The van der Waals surface area contributed by atoms with Gasteiger partial charge in [0.1, 0.15) is 0 Å². The van der Waals surface area contributed by atoms with Crippen molar-refractivity contribution in [2.45, 2.75) is 43.9 Å². The van der Waals surface area contributed by atoms with E-state index in [-0.39, 0.29) is 6.42 Å². The zero-order valence-corrected chi connectivity index (χ0v) is 10.0. The first-order valence-electron chi connectivity index (χ1n) is 6.16. The van der Waals surface area contributed by atoms with Crippen molar-refractivity contribution in [1.82, 2.24) is 0 Å². The number of aliphatic carboxylic acids is 1. The third kappa shape index (κ3) is 2.24. The first kappa shape index (κ1) is 13.0. The lowest BCUT2D eigenvalue weighted by Gasteiger charge is -2.27. The van der Waals surface area contributed by atoms with Crippen LogP contribution < -0.4 is 0 Å². The molecule has 4 heteroatoms. The Morgan fingerprint density at radius 1 is 1.28 bits per heavy atom. The van der Waals surface area contributed by atoms with Crippen LogP contribution in [0.15, 0.2) is 24.3 Å². The normalized spacial score (nSPS) is 18.2. The van der Waals surface area contributed by atoms with Crippen molar-refractivity contribution in [2.75, 3.05) is 0 Å². The van der Waals surface area contributed by atoms with Gasteiger partial charge in [0.05, 0.1) is 5.41 Å². The van der Waals surface area contributed by atoms with E-state index >= 15 is 0 Å². The van der Waals surface area contributed by atoms with Crippen LogP contribution in [-0.4, -0.2) is 17.5 Å². The number of hydrogen-bond acceptors (Lipinski definition) is 1. The first-order chi connectivity index (χ1) is 8.56. The van der Waals surface area contributed by atoms with E-state index in [9.17, 15) is 18.7 Å². The summed E-state index contributed by atoms with van der Waals surface area (Å²) in [7, 11) is 0. The van der Waals surface area contributed by atoms with Crippen LogP contribution in [0.1, 0.15) is 36.8 Å². The van der Waals surface area contributed by atoms with Crippen LogP contribution >= 0.6 is 0 Å². The van der Waals surface area contributed by atoms with E-state index in [1.54, 1.807) is 24.3 Å². The number of hydrogen-bond donors (Lipinski definition) is 1. The molecule has 1 fully saturated rings. The van der Waals surface area contributed by atoms with Gasteiger partial charge in [0.2, 0.25) is 6.43 Å². The van der Waals surface area contributed by atoms with E-state index in [0.717, 1.165) is 12.8 Å². The van der Waals surface area contributed by atoms with Crippen molar-refractivity contribution < 1.29 is 18.7 Å². The van der Waals surface area contributed by atoms with Crippen LogP contribution in [0.3, 0.4) is 0 Å². The zero-order chi connectivity index (χ0) is 13.2. The summed E-state index contributed by atoms with van der Waals surface area (Å²) in [6.45, 7) is 0. The van der Waals surface area contributed by atoms with Crippen LogP contribution in [0.2, 0.25) is 0 Å². The lowest BCUT2D eigenvalue weighted by molar-refractivity contribution is -0.143. The number of carboxylic acid groups (broad SMARTS) is 1. The summed E-state index contributed by atoms with van der Waals surface area (Å²) in [6.07, 6.45) is -0.0422. The van der Waals surface area contributed by atoms with Gasteiger partial charge in [-0.3, -0.25) is 4.79 Å². The van der Waals surface area contributed by atoms with E-state index in [4.69, 9.17) is 0 Å². The number of alkyl halides is 2. The van der Waals surface area contributed by atoms with Crippen molar-refractivity contribution in [3.05, 3.63) is 35.4 Å². The standard InChI is InChI=1S/C14H16F2O2/c15-12(16)9-10-5-1-2-6-11(10)14(13(17)18)7-3-4-8-14/h1-2,5-6,12H,3-4,7-9H2,(H,17,18). The van der Waals surface area contributed by atoms with Gasteiger partial charge in [0.25, 0.3) is 0 Å². The minimum absolute atomic E-state index is 0.370. The number of rotatable bonds is 4. The minimum atomic E-state index is -2.45. The molecule has 0 saturated heterocycles. The highest BCUT2D eigenvalue weighted by Gasteiger charge is 2.44. The van der Waals surface area contributed by atoms with Crippen LogP contribution in [0.5, 0.6) is 0 Å². The highest BCUT2D eigenvalue weighted by molar-refractivity contribution is 5.82. The molecular weight excluding hydrogens is 238 g/mol. The van der Waals surface area contributed by atoms with E-state index in [1.807, 2.05) is 0 Å². The predicted molar refractivity (Wildman–Crippen MR) is 63.9 cm³/mol. The van der Waals surface area contributed by atoms with Gasteiger partial charge in [-0.15, -0.1) is 0 Å². The molecule has 98 valence electrons. The molecule has 0 aliphatic heterocycles. The molecule has 0 unspecified atom stereocenters. The van der Waals surface area contributed by atoms with Crippen molar-refractivity contribution in [2.24, 2.45) is 0 Å². The third-order valence-electron chi connectivity index (χ3n) is 3.77. The summed E-state index contributed by atoms with van der Waals surface area (Å²) in [5, 5.41) is 9.49. The molecule has 1 aliphatic rings. The van der Waals surface area contributed by atoms with Gasteiger partial charge < -0.3 is 5.11 Å². The van der Waals surface area contributed by atoms with Crippen LogP contribution in [0, 0.1) is 0 Å². The second kappa shape index (κ2) is 5.04. The largest absolute Gasteiger partial charge is 0.481 e. The fraction of sp³-hybridized carbons (Fsp3) is 0.500. The molecule has 1 saturated carbocycles. The van der Waals surface area contributed by atoms with E-state index in [2.05, 4.69) is 0 Å². The Kier molecular flexibility index (Phi) is 3.64. The molecule has 0 aromatic heterocycles. The summed E-state index contributed by atoms with van der Waals surface area (Å²) in [6, 6.07) is 6.72. The Bertz CT molecular complexity index is 437. The minimum Gasteiger partial charge on any atom is -0.481 e. The first-order valence-corrected chi connectivity index (χ1v) is 6.16. The third-order valence-corrected chi connectivity index (χ3v) is 3.77. The molecule has 0 atom stereocenters. The van der Waals surface area contributed by atoms with Gasteiger partial charge in [-0.05, 0) is 24.0 Å². The second-order valence-electron chi connectivity index (χ2n) is 4.85. The number of carboxylic acids is 1. The zero-order valence-electron chi connectivity index (χ0n) is 10.0. The predicted octanol–water partition coefficient (Wildman–Crippen LogP) is 3.39. The average molecular weight is 254 g/mol. The maximum atomic E-state index is 12.6. The molecule has 0 amide bonds. The van der Waals surface area contributed by atoms with Crippen molar-refractivity contribution in [3.8, 4) is 0 Å². The summed E-state index contributed by atoms with van der Waals surface area (Å²) in [5.74, 6) is -0.887. The Morgan fingerprint density at radius 3 is 2.44 bits per heavy atom. The van der Waals surface area contributed by atoms with Crippen LogP contribution in [0.4, 0.5) is 8.78 Å². The number of halogens is 2. The summed E-state index contributed by atoms with van der Waals surface area (Å²) < 4.78 is 25.1. The fourth-order valence-electron chi connectivity index (χ4n) is 2.91. The smallest absolute Gasteiger partial charge is 0.314 e. The summed E-state index contributed by atoms with van der Waals surface area (Å²) >= 11 is 0. The quantitative estimate of drug-likeness (QED) is 0.894. The molecule has 1 aromatic carbocycles. The molecule has 0 radical (unpaired) electrons. The number of benzene rings is 1. The van der Waals surface area contributed by atoms with E-state index in [1.165, 1.54) is 0 Å². The van der Waals surface area contributed by atoms with Crippen molar-refractivity contribution in [3.63, 3.8) is 0 Å². The molecule has 0 heterocycles. The summed E-state index contributed by atoms with van der Waals surface area (Å²) in [4.78, 5) is 11.6. The molecule has 18 heavy (non-hydrogen) atoms. The molecule has 1 N–H and O–H groups in total. The lowest BCUT2D eigenvalue weighted by Crippen LogP contribution is -2.34. The SMILES string of the molecule is O=C(O)C1(c2ccccc2CC(F)F)CCCC1. The highest BCUT2D eigenvalue weighted by atomic mass is 19.3. The van der Waals surface area contributed by atoms with Crippen molar-refractivity contribution >= 4 is 5.97 Å². The molecule has 1 aliphatic carbocycles. The molecule has 2 rings (SSSR count). The topological polar surface area (TPSA) is 37.3 Å². The lowest BCUT2D eigenvalue weighted by atomic mass is 9.76. The van der Waals surface area contributed by atoms with Gasteiger partial charge in [0, 0.05) is 6.42 Å². The Morgan fingerprint density at radius 2 is 1.89 bits per heavy atom. The maximum absolute atomic E-state index is 12.6.